The Balaban J connectivity index is 1.84. The Morgan fingerprint density at radius 3 is 2.44 bits per heavy atom. The fraction of sp³-hybridized carbons (Fsp3) is 1.00. The fourth-order valence-electron chi connectivity index (χ4n) is 2.72. The van der Waals surface area contributed by atoms with E-state index >= 15 is 0 Å². The van der Waals surface area contributed by atoms with Crippen molar-refractivity contribution in [3.63, 3.8) is 0 Å². The molecular formula is C12H22ClNO3S. The third kappa shape index (κ3) is 3.83. The first-order valence-corrected chi connectivity index (χ1v) is 8.78. The van der Waals surface area contributed by atoms with E-state index in [0.717, 1.165) is 25.7 Å². The topological polar surface area (TPSA) is 55.4 Å². The average Bonchev–Trinajstić information content (AvgIpc) is 2.39. The molecule has 0 bridgehead atoms. The Labute approximate surface area is 114 Å². The number of nitrogens with one attached hydrogen (secondary N) is 1. The van der Waals surface area contributed by atoms with Crippen molar-refractivity contribution in [2.45, 2.75) is 49.2 Å². The second-order valence-corrected chi connectivity index (χ2v) is 7.87. The Hall–Kier alpha value is 0.160. The zero-order valence-electron chi connectivity index (χ0n) is 10.6. The van der Waals surface area contributed by atoms with E-state index in [2.05, 4.69) is 4.72 Å². The van der Waals surface area contributed by atoms with Gasteiger partial charge in [0.1, 0.15) is 0 Å². The molecule has 18 heavy (non-hydrogen) atoms. The van der Waals surface area contributed by atoms with Crippen LogP contribution in [0, 0.1) is 5.92 Å². The van der Waals surface area contributed by atoms with Gasteiger partial charge >= 0.3 is 0 Å². The summed E-state index contributed by atoms with van der Waals surface area (Å²) in [5.74, 6) is 0.287. The first-order valence-electron chi connectivity index (χ1n) is 6.80. The van der Waals surface area contributed by atoms with Crippen LogP contribution in [-0.2, 0) is 14.8 Å². The second kappa shape index (κ2) is 6.55. The SMILES string of the molecule is O=S(=O)(NCC1CCCCC1Cl)C1CCOCC1. The van der Waals surface area contributed by atoms with Crippen LogP contribution >= 0.6 is 11.6 Å². The first-order chi connectivity index (χ1) is 8.59. The molecule has 2 atom stereocenters. The Bertz CT molecular complexity index is 354. The maximum atomic E-state index is 12.1. The number of alkyl halides is 1. The molecule has 106 valence electrons. The first kappa shape index (κ1) is 14.6. The van der Waals surface area contributed by atoms with Crippen LogP contribution in [0.3, 0.4) is 0 Å². The van der Waals surface area contributed by atoms with Crippen molar-refractivity contribution in [1.29, 1.82) is 0 Å². The van der Waals surface area contributed by atoms with Gasteiger partial charge < -0.3 is 4.74 Å². The quantitative estimate of drug-likeness (QED) is 0.806. The van der Waals surface area contributed by atoms with E-state index in [1.807, 2.05) is 0 Å². The van der Waals surface area contributed by atoms with Crippen LogP contribution in [0.1, 0.15) is 38.5 Å². The molecule has 4 nitrogen and oxygen atoms in total. The summed E-state index contributed by atoms with van der Waals surface area (Å²) in [5, 5.41) is -0.167. The summed E-state index contributed by atoms with van der Waals surface area (Å²) in [7, 11) is -3.19. The standard InChI is InChI=1S/C12H22ClNO3S/c13-12-4-2-1-3-10(12)9-14-18(15,16)11-5-7-17-8-6-11/h10-12,14H,1-9H2. The Morgan fingerprint density at radius 1 is 1.11 bits per heavy atom. The molecule has 1 saturated heterocycles. The summed E-state index contributed by atoms with van der Waals surface area (Å²) in [5.41, 5.74) is 0. The highest BCUT2D eigenvalue weighted by Gasteiger charge is 2.30. The minimum atomic E-state index is -3.19. The van der Waals surface area contributed by atoms with Crippen LogP contribution < -0.4 is 4.72 Å². The third-order valence-electron chi connectivity index (χ3n) is 3.97. The van der Waals surface area contributed by atoms with Crippen LogP contribution in [0.15, 0.2) is 0 Å². The molecule has 2 unspecified atom stereocenters. The van der Waals surface area contributed by atoms with Crippen LogP contribution in [0.4, 0.5) is 0 Å². The largest absolute Gasteiger partial charge is 0.381 e. The lowest BCUT2D eigenvalue weighted by Crippen LogP contribution is -2.41. The van der Waals surface area contributed by atoms with Gasteiger partial charge in [-0.3, -0.25) is 0 Å². The normalized spacial score (nSPS) is 31.4. The molecule has 2 aliphatic rings. The van der Waals surface area contributed by atoms with Gasteiger partial charge in [-0.25, -0.2) is 13.1 Å². The molecule has 2 rings (SSSR count). The number of rotatable bonds is 4. The van der Waals surface area contributed by atoms with Gasteiger partial charge in [0.2, 0.25) is 10.0 Å². The molecule has 2 fully saturated rings. The van der Waals surface area contributed by atoms with Gasteiger partial charge in [-0.1, -0.05) is 12.8 Å². The molecule has 1 heterocycles. The van der Waals surface area contributed by atoms with Crippen molar-refractivity contribution in [1.82, 2.24) is 4.72 Å². The second-order valence-electron chi connectivity index (χ2n) is 5.27. The lowest BCUT2D eigenvalue weighted by Gasteiger charge is -2.28. The van der Waals surface area contributed by atoms with Crippen molar-refractivity contribution < 1.29 is 13.2 Å². The monoisotopic (exact) mass is 295 g/mol. The summed E-state index contributed by atoms with van der Waals surface area (Å²) >= 11 is 6.24. The smallest absolute Gasteiger partial charge is 0.214 e. The van der Waals surface area contributed by atoms with Crippen LogP contribution in [0.5, 0.6) is 0 Å². The number of hydrogen-bond donors (Lipinski definition) is 1. The highest BCUT2D eigenvalue weighted by molar-refractivity contribution is 7.90. The van der Waals surface area contributed by atoms with Gasteiger partial charge in [-0.05, 0) is 31.6 Å². The molecule has 1 saturated carbocycles. The summed E-state index contributed by atoms with van der Waals surface area (Å²) < 4.78 is 32.2. The molecule has 0 spiro atoms. The van der Waals surface area contributed by atoms with Gasteiger partial charge in [0.05, 0.1) is 5.25 Å². The van der Waals surface area contributed by atoms with E-state index in [1.165, 1.54) is 0 Å². The van der Waals surface area contributed by atoms with Gasteiger partial charge in [0, 0.05) is 25.1 Å². The van der Waals surface area contributed by atoms with Crippen molar-refractivity contribution in [3.05, 3.63) is 0 Å². The van der Waals surface area contributed by atoms with Crippen molar-refractivity contribution in [2.24, 2.45) is 5.92 Å². The number of sulfonamides is 1. The summed E-state index contributed by atoms with van der Waals surface area (Å²) in [4.78, 5) is 0. The van der Waals surface area contributed by atoms with Gasteiger partial charge in [0.15, 0.2) is 0 Å². The molecule has 0 aromatic rings. The number of halogens is 1. The molecule has 6 heteroatoms. The molecule has 0 radical (unpaired) electrons. The average molecular weight is 296 g/mol. The number of hydrogen-bond acceptors (Lipinski definition) is 3. The Kier molecular flexibility index (Phi) is 5.30. The number of ether oxygens (including phenoxy) is 1. The van der Waals surface area contributed by atoms with E-state index < -0.39 is 10.0 Å². The van der Waals surface area contributed by atoms with E-state index in [4.69, 9.17) is 16.3 Å². The van der Waals surface area contributed by atoms with Crippen molar-refractivity contribution >= 4 is 21.6 Å². The summed E-state index contributed by atoms with van der Waals surface area (Å²) in [6.07, 6.45) is 5.56. The summed E-state index contributed by atoms with van der Waals surface area (Å²) in [6.45, 7) is 1.59. The third-order valence-corrected chi connectivity index (χ3v) is 6.46. The highest BCUT2D eigenvalue weighted by atomic mass is 35.5. The van der Waals surface area contributed by atoms with E-state index in [1.54, 1.807) is 0 Å². The van der Waals surface area contributed by atoms with Crippen LogP contribution in [0.2, 0.25) is 0 Å². The van der Waals surface area contributed by atoms with Crippen molar-refractivity contribution in [2.75, 3.05) is 19.8 Å². The van der Waals surface area contributed by atoms with Gasteiger partial charge in [-0.15, -0.1) is 11.6 Å². The lowest BCUT2D eigenvalue weighted by molar-refractivity contribution is 0.0981. The maximum Gasteiger partial charge on any atom is 0.214 e. The minimum absolute atomic E-state index is 0.121. The molecule has 1 aliphatic heterocycles. The van der Waals surface area contributed by atoms with Crippen molar-refractivity contribution in [3.8, 4) is 0 Å². The molecule has 1 aliphatic carbocycles. The predicted octanol–water partition coefficient (Wildman–Crippen LogP) is 1.88. The molecule has 1 N–H and O–H groups in total. The minimum Gasteiger partial charge on any atom is -0.381 e. The molecule has 0 aromatic heterocycles. The van der Waals surface area contributed by atoms with Crippen LogP contribution in [0.25, 0.3) is 0 Å². The molecule has 0 amide bonds. The van der Waals surface area contributed by atoms with Gasteiger partial charge in [0.25, 0.3) is 0 Å². The predicted molar refractivity (Wildman–Crippen MR) is 72.4 cm³/mol. The molecule has 0 aromatic carbocycles. The zero-order chi connectivity index (χ0) is 13.0. The zero-order valence-corrected chi connectivity index (χ0v) is 12.2. The maximum absolute atomic E-state index is 12.1. The molecular weight excluding hydrogens is 274 g/mol. The Morgan fingerprint density at radius 2 is 1.78 bits per heavy atom. The van der Waals surface area contributed by atoms with E-state index in [9.17, 15) is 8.42 Å². The van der Waals surface area contributed by atoms with Gasteiger partial charge in [-0.2, -0.15) is 0 Å². The van der Waals surface area contributed by atoms with E-state index in [-0.39, 0.29) is 16.5 Å². The lowest BCUT2D eigenvalue weighted by atomic mass is 9.89. The highest BCUT2D eigenvalue weighted by Crippen LogP contribution is 2.28. The van der Waals surface area contributed by atoms with E-state index in [0.29, 0.717) is 32.6 Å². The van der Waals surface area contributed by atoms with Crippen LogP contribution in [-0.4, -0.2) is 38.8 Å². The fourth-order valence-corrected chi connectivity index (χ4v) is 4.58. The summed E-state index contributed by atoms with van der Waals surface area (Å²) in [6, 6.07) is 0.